The molecule has 8 heteroatoms. The molecular formula is C20H19NO7. The first-order valence-electron chi connectivity index (χ1n) is 8.28. The summed E-state index contributed by atoms with van der Waals surface area (Å²) >= 11 is 0. The maximum Gasteiger partial charge on any atom is 0.373 e. The number of para-hydroxylation sites is 1. The molecule has 0 aliphatic rings. The summed E-state index contributed by atoms with van der Waals surface area (Å²) in [5, 5.41) is 11.1. The number of nitro groups is 1. The Bertz CT molecular complexity index is 877. The molecular weight excluding hydrogens is 366 g/mol. The molecule has 2 rings (SSSR count). The van der Waals surface area contributed by atoms with Gasteiger partial charge in [-0.2, -0.15) is 0 Å². The molecule has 8 nitrogen and oxygen atoms in total. The van der Waals surface area contributed by atoms with Crippen molar-refractivity contribution in [1.29, 1.82) is 0 Å². The minimum atomic E-state index is -0.924. The van der Waals surface area contributed by atoms with Crippen LogP contribution in [0.25, 0.3) is 0 Å². The Kier molecular flexibility index (Phi) is 7.27. The van der Waals surface area contributed by atoms with Gasteiger partial charge in [-0.1, -0.05) is 42.5 Å². The number of nitrogens with zero attached hydrogens (tertiary/aromatic N) is 1. The predicted molar refractivity (Wildman–Crippen MR) is 99.6 cm³/mol. The molecule has 146 valence electrons. The topological polar surface area (TPSA) is 105 Å². The normalized spacial score (nSPS) is 12.0. The van der Waals surface area contributed by atoms with Gasteiger partial charge in [-0.15, -0.1) is 0 Å². The zero-order valence-electron chi connectivity index (χ0n) is 15.4. The second-order valence-corrected chi connectivity index (χ2v) is 5.64. The van der Waals surface area contributed by atoms with Crippen molar-refractivity contribution in [3.8, 4) is 5.75 Å². The van der Waals surface area contributed by atoms with Gasteiger partial charge >= 0.3 is 11.9 Å². The summed E-state index contributed by atoms with van der Waals surface area (Å²) in [5.74, 6) is -2.74. The quantitative estimate of drug-likeness (QED) is 0.226. The Morgan fingerprint density at radius 1 is 1.07 bits per heavy atom. The van der Waals surface area contributed by atoms with Crippen LogP contribution in [-0.4, -0.2) is 37.6 Å². The molecule has 0 N–H and O–H groups in total. The molecule has 0 saturated heterocycles. The monoisotopic (exact) mass is 385 g/mol. The smallest absolute Gasteiger partial charge is 0.373 e. The van der Waals surface area contributed by atoms with Gasteiger partial charge in [0.15, 0.2) is 0 Å². The lowest BCUT2D eigenvalue weighted by atomic mass is 9.98. The van der Waals surface area contributed by atoms with Crippen LogP contribution < -0.4 is 4.74 Å². The Hall–Kier alpha value is -3.68. The highest BCUT2D eigenvalue weighted by Gasteiger charge is 2.24. The third kappa shape index (κ3) is 5.41. The number of carbonyl (C=O) groups is 2. The van der Waals surface area contributed by atoms with Crippen LogP contribution in [0.2, 0.25) is 0 Å². The highest BCUT2D eigenvalue weighted by atomic mass is 16.6. The van der Waals surface area contributed by atoms with Gasteiger partial charge in [0.2, 0.25) is 12.3 Å². The molecule has 2 aromatic rings. The van der Waals surface area contributed by atoms with Crippen LogP contribution >= 0.6 is 0 Å². The molecule has 0 aliphatic carbocycles. The van der Waals surface area contributed by atoms with Crippen LogP contribution in [-0.2, 0) is 14.3 Å². The zero-order valence-corrected chi connectivity index (χ0v) is 15.4. The summed E-state index contributed by atoms with van der Waals surface area (Å²) in [6.45, 7) is -0.489. The lowest BCUT2D eigenvalue weighted by molar-refractivity contribution is -0.481. The van der Waals surface area contributed by atoms with E-state index in [1.54, 1.807) is 48.5 Å². The van der Waals surface area contributed by atoms with Crippen molar-refractivity contribution in [2.45, 2.75) is 5.92 Å². The van der Waals surface area contributed by atoms with Gasteiger partial charge in [0.1, 0.15) is 11.3 Å². The van der Waals surface area contributed by atoms with Crippen molar-refractivity contribution in [3.63, 3.8) is 0 Å². The Labute approximate surface area is 161 Å². The molecule has 0 unspecified atom stereocenters. The third-order valence-electron chi connectivity index (χ3n) is 3.84. The highest BCUT2D eigenvalue weighted by molar-refractivity contribution is 5.97. The highest BCUT2D eigenvalue weighted by Crippen LogP contribution is 2.23. The maximum atomic E-state index is 12.5. The number of carbonyl (C=O) groups excluding carboxylic acids is 2. The number of ether oxygens (including phenoxy) is 3. The lowest BCUT2D eigenvalue weighted by Gasteiger charge is -2.13. The number of methoxy groups -OCH3 is 2. The van der Waals surface area contributed by atoms with Crippen molar-refractivity contribution < 1.29 is 28.7 Å². The van der Waals surface area contributed by atoms with Gasteiger partial charge in [-0.05, 0) is 23.8 Å². The molecule has 0 fully saturated rings. The number of hydrogen-bond acceptors (Lipinski definition) is 7. The molecule has 0 aliphatic heterocycles. The summed E-state index contributed by atoms with van der Waals surface area (Å²) in [6.07, 6.45) is 1.22. The number of benzene rings is 2. The summed E-state index contributed by atoms with van der Waals surface area (Å²) < 4.78 is 15.0. The van der Waals surface area contributed by atoms with Crippen molar-refractivity contribution in [2.75, 3.05) is 20.8 Å². The van der Waals surface area contributed by atoms with Crippen LogP contribution in [0.3, 0.4) is 0 Å². The standard InChI is InChI=1S/C20H19NO7/c1-26-17-11-7-6-10-16(17)19(22)28-18(20(23)27-2)12-15(13-21(24)25)14-8-4-3-5-9-14/h3-12,15H,13H2,1-2H3/b18-12-/t15-/m0/s1. The molecule has 0 saturated carbocycles. The Balaban J connectivity index is 2.39. The minimum absolute atomic E-state index is 0.102. The van der Waals surface area contributed by atoms with Crippen LogP contribution in [0, 0.1) is 10.1 Å². The van der Waals surface area contributed by atoms with Crippen molar-refractivity contribution in [3.05, 3.63) is 87.7 Å². The van der Waals surface area contributed by atoms with Crippen molar-refractivity contribution in [2.24, 2.45) is 0 Å². The van der Waals surface area contributed by atoms with Gasteiger partial charge < -0.3 is 14.2 Å². The van der Waals surface area contributed by atoms with E-state index in [9.17, 15) is 19.7 Å². The Morgan fingerprint density at radius 3 is 2.32 bits per heavy atom. The van der Waals surface area contributed by atoms with Gasteiger partial charge in [0.25, 0.3) is 0 Å². The molecule has 0 spiro atoms. The van der Waals surface area contributed by atoms with E-state index in [4.69, 9.17) is 9.47 Å². The molecule has 1 atom stereocenters. The number of rotatable bonds is 8. The molecule has 0 bridgehead atoms. The predicted octanol–water partition coefficient (Wildman–Crippen LogP) is 2.97. The number of esters is 2. The average Bonchev–Trinajstić information content (AvgIpc) is 2.72. The van der Waals surface area contributed by atoms with E-state index in [1.165, 1.54) is 19.3 Å². The van der Waals surface area contributed by atoms with E-state index in [2.05, 4.69) is 4.74 Å². The van der Waals surface area contributed by atoms with Gasteiger partial charge in [0.05, 0.1) is 20.1 Å². The van der Waals surface area contributed by atoms with E-state index in [0.29, 0.717) is 5.56 Å². The van der Waals surface area contributed by atoms with Crippen molar-refractivity contribution in [1.82, 2.24) is 0 Å². The Morgan fingerprint density at radius 2 is 1.71 bits per heavy atom. The van der Waals surface area contributed by atoms with E-state index in [1.807, 2.05) is 0 Å². The van der Waals surface area contributed by atoms with E-state index in [-0.39, 0.29) is 11.3 Å². The summed E-state index contributed by atoms with van der Waals surface area (Å²) in [6, 6.07) is 14.9. The largest absolute Gasteiger partial charge is 0.496 e. The molecule has 2 aromatic carbocycles. The number of hydrogen-bond donors (Lipinski definition) is 0. The summed E-state index contributed by atoms with van der Waals surface area (Å²) in [4.78, 5) is 35.2. The average molecular weight is 385 g/mol. The fraction of sp³-hybridized carbons (Fsp3) is 0.200. The fourth-order valence-electron chi connectivity index (χ4n) is 2.51. The molecule has 28 heavy (non-hydrogen) atoms. The van der Waals surface area contributed by atoms with Crippen LogP contribution in [0.1, 0.15) is 21.8 Å². The third-order valence-corrected chi connectivity index (χ3v) is 3.84. The second-order valence-electron chi connectivity index (χ2n) is 5.64. The lowest BCUT2D eigenvalue weighted by Crippen LogP contribution is -2.17. The molecule has 0 aromatic heterocycles. The zero-order chi connectivity index (χ0) is 20.5. The fourth-order valence-corrected chi connectivity index (χ4v) is 2.51. The SMILES string of the molecule is COC(=O)/C(=C/[C@@H](C[N+](=O)[O-])c1ccccc1)OC(=O)c1ccccc1OC. The first kappa shape index (κ1) is 20.6. The second kappa shape index (κ2) is 9.86. The first-order chi connectivity index (χ1) is 13.5. The van der Waals surface area contributed by atoms with Crippen LogP contribution in [0.5, 0.6) is 5.75 Å². The molecule has 0 radical (unpaired) electrons. The molecule has 0 heterocycles. The minimum Gasteiger partial charge on any atom is -0.496 e. The van der Waals surface area contributed by atoms with Crippen LogP contribution in [0.4, 0.5) is 0 Å². The molecule has 0 amide bonds. The van der Waals surface area contributed by atoms with E-state index < -0.39 is 35.1 Å². The van der Waals surface area contributed by atoms with E-state index in [0.717, 1.165) is 7.11 Å². The van der Waals surface area contributed by atoms with Gasteiger partial charge in [-0.3, -0.25) is 10.1 Å². The first-order valence-corrected chi connectivity index (χ1v) is 8.28. The summed E-state index contributed by atoms with van der Waals surface area (Å²) in [5.41, 5.74) is 0.694. The van der Waals surface area contributed by atoms with Gasteiger partial charge in [-0.25, -0.2) is 9.59 Å². The van der Waals surface area contributed by atoms with Gasteiger partial charge in [0, 0.05) is 4.92 Å². The van der Waals surface area contributed by atoms with Crippen LogP contribution in [0.15, 0.2) is 66.4 Å². The summed E-state index contributed by atoms with van der Waals surface area (Å²) in [7, 11) is 2.52. The maximum absolute atomic E-state index is 12.5. The van der Waals surface area contributed by atoms with Crippen molar-refractivity contribution >= 4 is 11.9 Å². The van der Waals surface area contributed by atoms with E-state index >= 15 is 0 Å².